The fraction of sp³-hybridized carbons (Fsp3) is 0. The topological polar surface area (TPSA) is 66.9 Å². The average Bonchev–Trinajstić information content (AvgIpc) is 2.99. The molecule has 0 radical (unpaired) electrons. The third kappa shape index (κ3) is 3.44. The van der Waals surface area contributed by atoms with E-state index in [9.17, 15) is 9.18 Å². The maximum Gasteiger partial charge on any atom is 0.325 e. The van der Waals surface area contributed by atoms with Crippen molar-refractivity contribution in [3.8, 4) is 10.6 Å². The summed E-state index contributed by atoms with van der Waals surface area (Å²) in [6, 6.07) is 14.6. The van der Waals surface area contributed by atoms with Crippen LogP contribution in [0.1, 0.15) is 0 Å². The molecule has 5 nitrogen and oxygen atoms in total. The number of amides is 2. The SMILES string of the molecule is O=C(Nc1ccc(F)cc1)Nc1nnc(-c2ccccc2)s1. The molecule has 0 atom stereocenters. The number of benzene rings is 2. The van der Waals surface area contributed by atoms with Crippen molar-refractivity contribution in [2.24, 2.45) is 0 Å². The monoisotopic (exact) mass is 314 g/mol. The zero-order valence-electron chi connectivity index (χ0n) is 11.3. The summed E-state index contributed by atoms with van der Waals surface area (Å²) in [6.45, 7) is 0. The van der Waals surface area contributed by atoms with Crippen LogP contribution in [0.25, 0.3) is 10.6 Å². The minimum absolute atomic E-state index is 0.359. The van der Waals surface area contributed by atoms with Crippen LogP contribution in [-0.4, -0.2) is 16.2 Å². The molecule has 0 aliphatic rings. The lowest BCUT2D eigenvalue weighted by Crippen LogP contribution is -2.19. The zero-order chi connectivity index (χ0) is 15.4. The van der Waals surface area contributed by atoms with Gasteiger partial charge in [-0.05, 0) is 24.3 Å². The molecule has 110 valence electrons. The van der Waals surface area contributed by atoms with Crippen LogP contribution < -0.4 is 10.6 Å². The zero-order valence-corrected chi connectivity index (χ0v) is 12.1. The van der Waals surface area contributed by atoms with Crippen molar-refractivity contribution in [1.82, 2.24) is 10.2 Å². The van der Waals surface area contributed by atoms with E-state index < -0.39 is 6.03 Å². The van der Waals surface area contributed by atoms with Crippen molar-refractivity contribution < 1.29 is 9.18 Å². The number of nitrogens with one attached hydrogen (secondary N) is 2. The summed E-state index contributed by atoms with van der Waals surface area (Å²) in [5.41, 5.74) is 1.43. The van der Waals surface area contributed by atoms with Crippen LogP contribution in [0, 0.1) is 5.82 Å². The molecule has 0 spiro atoms. The van der Waals surface area contributed by atoms with E-state index in [1.807, 2.05) is 30.3 Å². The molecule has 22 heavy (non-hydrogen) atoms. The van der Waals surface area contributed by atoms with Gasteiger partial charge in [0.05, 0.1) is 0 Å². The van der Waals surface area contributed by atoms with Gasteiger partial charge < -0.3 is 5.32 Å². The van der Waals surface area contributed by atoms with Gasteiger partial charge in [-0.3, -0.25) is 5.32 Å². The lowest BCUT2D eigenvalue weighted by molar-refractivity contribution is 0.262. The van der Waals surface area contributed by atoms with Gasteiger partial charge in [-0.2, -0.15) is 0 Å². The van der Waals surface area contributed by atoms with Gasteiger partial charge in [0.2, 0.25) is 5.13 Å². The second-order valence-electron chi connectivity index (χ2n) is 4.36. The van der Waals surface area contributed by atoms with Gasteiger partial charge in [-0.1, -0.05) is 41.7 Å². The number of rotatable bonds is 3. The highest BCUT2D eigenvalue weighted by molar-refractivity contribution is 7.18. The van der Waals surface area contributed by atoms with E-state index in [1.165, 1.54) is 35.6 Å². The molecule has 1 heterocycles. The number of hydrogen-bond donors (Lipinski definition) is 2. The highest BCUT2D eigenvalue weighted by Gasteiger charge is 2.09. The summed E-state index contributed by atoms with van der Waals surface area (Å²) in [7, 11) is 0. The number of carbonyl (C=O) groups excluding carboxylic acids is 1. The Bertz CT molecular complexity index is 774. The maximum atomic E-state index is 12.8. The molecule has 0 fully saturated rings. The molecule has 2 aromatic carbocycles. The van der Waals surface area contributed by atoms with Crippen molar-refractivity contribution in [3.63, 3.8) is 0 Å². The van der Waals surface area contributed by atoms with Crippen LogP contribution in [0.4, 0.5) is 20.0 Å². The van der Waals surface area contributed by atoms with Crippen LogP contribution in [0.5, 0.6) is 0 Å². The van der Waals surface area contributed by atoms with Crippen molar-refractivity contribution in [1.29, 1.82) is 0 Å². The van der Waals surface area contributed by atoms with Gasteiger partial charge >= 0.3 is 6.03 Å². The van der Waals surface area contributed by atoms with E-state index in [0.29, 0.717) is 10.8 Å². The minimum atomic E-state index is -0.456. The Hall–Kier alpha value is -2.80. The predicted octanol–water partition coefficient (Wildman–Crippen LogP) is 3.99. The standard InChI is InChI=1S/C15H11FN4OS/c16-11-6-8-12(9-7-11)17-14(21)18-15-20-19-13(22-15)10-4-2-1-3-5-10/h1-9H,(H2,17,18,20,21). The van der Waals surface area contributed by atoms with E-state index in [2.05, 4.69) is 20.8 Å². The molecule has 7 heteroatoms. The van der Waals surface area contributed by atoms with Crippen molar-refractivity contribution in [2.45, 2.75) is 0 Å². The van der Waals surface area contributed by atoms with E-state index in [4.69, 9.17) is 0 Å². The number of urea groups is 1. The lowest BCUT2D eigenvalue weighted by atomic mass is 10.2. The first kappa shape index (κ1) is 14.2. The number of nitrogens with zero attached hydrogens (tertiary/aromatic N) is 2. The summed E-state index contributed by atoms with van der Waals surface area (Å²) < 4.78 is 12.8. The molecular formula is C15H11FN4OS. The van der Waals surface area contributed by atoms with Crippen molar-refractivity contribution in [3.05, 3.63) is 60.4 Å². The molecule has 1 aromatic heterocycles. The lowest BCUT2D eigenvalue weighted by Gasteiger charge is -2.04. The maximum absolute atomic E-state index is 12.8. The smallest absolute Gasteiger partial charge is 0.308 e. The Morgan fingerprint density at radius 3 is 2.41 bits per heavy atom. The largest absolute Gasteiger partial charge is 0.325 e. The Labute approximate surface area is 129 Å². The Balaban J connectivity index is 1.65. The van der Waals surface area contributed by atoms with Gasteiger partial charge in [0, 0.05) is 11.3 Å². The summed E-state index contributed by atoms with van der Waals surface area (Å²) in [4.78, 5) is 11.8. The third-order valence-corrected chi connectivity index (χ3v) is 3.66. The van der Waals surface area contributed by atoms with Gasteiger partial charge in [-0.15, -0.1) is 10.2 Å². The first-order chi connectivity index (χ1) is 10.7. The average molecular weight is 314 g/mol. The van der Waals surface area contributed by atoms with Crippen molar-refractivity contribution >= 4 is 28.2 Å². The summed E-state index contributed by atoms with van der Waals surface area (Å²) >= 11 is 1.27. The molecule has 0 saturated carbocycles. The Kier molecular flexibility index (Phi) is 4.06. The van der Waals surface area contributed by atoms with Crippen LogP contribution in [0.15, 0.2) is 54.6 Å². The van der Waals surface area contributed by atoms with E-state index >= 15 is 0 Å². The number of anilines is 2. The van der Waals surface area contributed by atoms with E-state index in [0.717, 1.165) is 10.6 Å². The highest BCUT2D eigenvalue weighted by atomic mass is 32.1. The molecule has 0 bridgehead atoms. The fourth-order valence-electron chi connectivity index (χ4n) is 1.76. The molecule has 0 saturated heterocycles. The molecule has 3 rings (SSSR count). The quantitative estimate of drug-likeness (QED) is 0.768. The molecule has 0 aliphatic heterocycles. The second-order valence-corrected chi connectivity index (χ2v) is 5.34. The first-order valence-electron chi connectivity index (χ1n) is 6.43. The summed E-state index contributed by atoms with van der Waals surface area (Å²) in [6.07, 6.45) is 0. The van der Waals surface area contributed by atoms with Crippen LogP contribution in [0.2, 0.25) is 0 Å². The predicted molar refractivity (Wildman–Crippen MR) is 84.4 cm³/mol. The normalized spacial score (nSPS) is 10.2. The molecular weight excluding hydrogens is 303 g/mol. The van der Waals surface area contributed by atoms with Gasteiger partial charge in [-0.25, -0.2) is 9.18 Å². The third-order valence-electron chi connectivity index (χ3n) is 2.77. The Morgan fingerprint density at radius 2 is 1.68 bits per heavy atom. The van der Waals surface area contributed by atoms with Gasteiger partial charge in [0.25, 0.3) is 0 Å². The number of aromatic nitrogens is 2. The fourth-order valence-corrected chi connectivity index (χ4v) is 2.51. The van der Waals surface area contributed by atoms with Crippen LogP contribution in [0.3, 0.4) is 0 Å². The first-order valence-corrected chi connectivity index (χ1v) is 7.25. The Morgan fingerprint density at radius 1 is 0.955 bits per heavy atom. The number of carbonyl (C=O) groups is 1. The van der Waals surface area contributed by atoms with Gasteiger partial charge in [0.15, 0.2) is 0 Å². The molecule has 3 aromatic rings. The van der Waals surface area contributed by atoms with Crippen molar-refractivity contribution in [2.75, 3.05) is 10.6 Å². The van der Waals surface area contributed by atoms with Crippen LogP contribution >= 0.6 is 11.3 Å². The number of halogens is 1. The second kappa shape index (κ2) is 6.31. The van der Waals surface area contributed by atoms with E-state index in [-0.39, 0.29) is 5.82 Å². The highest BCUT2D eigenvalue weighted by Crippen LogP contribution is 2.25. The van der Waals surface area contributed by atoms with Gasteiger partial charge in [0.1, 0.15) is 10.8 Å². The molecule has 2 N–H and O–H groups in total. The minimum Gasteiger partial charge on any atom is -0.308 e. The summed E-state index contributed by atoms with van der Waals surface area (Å²) in [5, 5.41) is 14.3. The molecule has 0 aliphatic carbocycles. The van der Waals surface area contributed by atoms with E-state index in [1.54, 1.807) is 0 Å². The van der Waals surface area contributed by atoms with Crippen LogP contribution in [-0.2, 0) is 0 Å². The molecule has 0 unspecified atom stereocenters. The summed E-state index contributed by atoms with van der Waals surface area (Å²) in [5.74, 6) is -0.359. The molecule has 2 amide bonds. The number of hydrogen-bond acceptors (Lipinski definition) is 4.